The van der Waals surface area contributed by atoms with E-state index in [1.54, 1.807) is 0 Å². The Morgan fingerprint density at radius 3 is 2.36 bits per heavy atom. The summed E-state index contributed by atoms with van der Waals surface area (Å²) in [7, 11) is 0. The lowest BCUT2D eigenvalue weighted by atomic mass is 9.78. The van der Waals surface area contributed by atoms with Gasteiger partial charge in [-0.2, -0.15) is 0 Å². The zero-order chi connectivity index (χ0) is 10.2. The molecule has 1 saturated carbocycles. The normalized spacial score (nSPS) is 27.9. The molecule has 1 rings (SSSR count). The number of unbranched alkanes of at least 4 members (excludes halogenated alkanes) is 4. The molecular weight excluding hydrogens is 168 g/mol. The van der Waals surface area contributed by atoms with Crippen LogP contribution < -0.4 is 0 Å². The lowest BCUT2D eigenvalue weighted by Gasteiger charge is -2.28. The summed E-state index contributed by atoms with van der Waals surface area (Å²) in [5, 5.41) is 0. The highest BCUT2D eigenvalue weighted by Crippen LogP contribution is 2.33. The topological polar surface area (TPSA) is 0 Å². The molecular formula is C14H28. The Balaban J connectivity index is 1.99. The monoisotopic (exact) mass is 196 g/mol. The zero-order valence-electron chi connectivity index (χ0n) is 10.2. The van der Waals surface area contributed by atoms with Crippen molar-refractivity contribution in [3.63, 3.8) is 0 Å². The van der Waals surface area contributed by atoms with E-state index >= 15 is 0 Å². The first-order valence-electron chi connectivity index (χ1n) is 6.84. The third kappa shape index (κ3) is 4.48. The van der Waals surface area contributed by atoms with Gasteiger partial charge in [0.05, 0.1) is 0 Å². The van der Waals surface area contributed by atoms with Crippen LogP contribution in [0.15, 0.2) is 0 Å². The highest BCUT2D eigenvalue weighted by molar-refractivity contribution is 4.72. The Labute approximate surface area is 90.5 Å². The first-order valence-corrected chi connectivity index (χ1v) is 6.84. The molecule has 0 bridgehead atoms. The fraction of sp³-hybridized carbons (Fsp3) is 1.00. The zero-order valence-corrected chi connectivity index (χ0v) is 10.2. The van der Waals surface area contributed by atoms with E-state index in [9.17, 15) is 0 Å². The predicted octanol–water partition coefficient (Wildman–Crippen LogP) is 5.17. The molecule has 0 saturated heterocycles. The van der Waals surface area contributed by atoms with Gasteiger partial charge in [-0.05, 0) is 11.8 Å². The second-order valence-electron chi connectivity index (χ2n) is 5.22. The molecule has 0 aromatic carbocycles. The molecule has 0 amide bonds. The molecule has 84 valence electrons. The average Bonchev–Trinajstić information content (AvgIpc) is 2.20. The van der Waals surface area contributed by atoms with Crippen LogP contribution >= 0.6 is 0 Å². The molecule has 0 heteroatoms. The van der Waals surface area contributed by atoms with Crippen molar-refractivity contribution >= 4 is 0 Å². The molecule has 0 heterocycles. The number of hydrogen-bond acceptors (Lipinski definition) is 0. The largest absolute Gasteiger partial charge is 0.0654 e. The molecule has 0 aromatic heterocycles. The standard InChI is InChI=1S/C14H28/c1-3-4-5-6-7-11-14-12-9-8-10-13(14)2/h13-14H,3-12H2,1-2H3/t13-,14-/m1/s1. The Morgan fingerprint density at radius 1 is 0.929 bits per heavy atom. The van der Waals surface area contributed by atoms with Gasteiger partial charge in [-0.15, -0.1) is 0 Å². The Bertz CT molecular complexity index is 128. The van der Waals surface area contributed by atoms with Gasteiger partial charge >= 0.3 is 0 Å². The van der Waals surface area contributed by atoms with Crippen LogP contribution in [0, 0.1) is 11.8 Å². The summed E-state index contributed by atoms with van der Waals surface area (Å²) in [5.41, 5.74) is 0. The van der Waals surface area contributed by atoms with Gasteiger partial charge in [-0.1, -0.05) is 78.1 Å². The van der Waals surface area contributed by atoms with Crippen molar-refractivity contribution in [1.29, 1.82) is 0 Å². The van der Waals surface area contributed by atoms with E-state index in [0.29, 0.717) is 0 Å². The van der Waals surface area contributed by atoms with Crippen LogP contribution in [0.2, 0.25) is 0 Å². The van der Waals surface area contributed by atoms with Crippen molar-refractivity contribution in [3.05, 3.63) is 0 Å². The van der Waals surface area contributed by atoms with Gasteiger partial charge in [-0.3, -0.25) is 0 Å². The van der Waals surface area contributed by atoms with E-state index in [0.717, 1.165) is 11.8 Å². The maximum Gasteiger partial charge on any atom is -0.0388 e. The van der Waals surface area contributed by atoms with Crippen LogP contribution in [0.4, 0.5) is 0 Å². The summed E-state index contributed by atoms with van der Waals surface area (Å²) in [6.07, 6.45) is 14.8. The molecule has 0 aromatic rings. The Hall–Kier alpha value is 0. The third-order valence-corrected chi connectivity index (χ3v) is 3.97. The smallest absolute Gasteiger partial charge is 0.0388 e. The second-order valence-corrected chi connectivity index (χ2v) is 5.22. The van der Waals surface area contributed by atoms with E-state index in [4.69, 9.17) is 0 Å². The molecule has 1 aliphatic carbocycles. The first kappa shape index (κ1) is 12.1. The number of rotatable bonds is 6. The van der Waals surface area contributed by atoms with E-state index in [1.807, 2.05) is 0 Å². The lowest BCUT2D eigenvalue weighted by Crippen LogP contribution is -2.16. The molecule has 1 fully saturated rings. The van der Waals surface area contributed by atoms with Crippen LogP contribution in [0.5, 0.6) is 0 Å². The van der Waals surface area contributed by atoms with Gasteiger partial charge in [0.1, 0.15) is 0 Å². The number of hydrogen-bond donors (Lipinski definition) is 0. The van der Waals surface area contributed by atoms with Crippen LogP contribution in [0.1, 0.15) is 78.1 Å². The van der Waals surface area contributed by atoms with Gasteiger partial charge in [0, 0.05) is 0 Å². The van der Waals surface area contributed by atoms with Crippen molar-refractivity contribution in [3.8, 4) is 0 Å². The van der Waals surface area contributed by atoms with E-state index in [1.165, 1.54) is 64.2 Å². The van der Waals surface area contributed by atoms with Crippen molar-refractivity contribution < 1.29 is 0 Å². The van der Waals surface area contributed by atoms with E-state index < -0.39 is 0 Å². The van der Waals surface area contributed by atoms with Crippen molar-refractivity contribution in [2.45, 2.75) is 78.1 Å². The molecule has 0 radical (unpaired) electrons. The average molecular weight is 196 g/mol. The van der Waals surface area contributed by atoms with Gasteiger partial charge in [-0.25, -0.2) is 0 Å². The quantitative estimate of drug-likeness (QED) is 0.514. The molecule has 0 N–H and O–H groups in total. The minimum absolute atomic E-state index is 1.02. The fourth-order valence-corrected chi connectivity index (χ4v) is 2.83. The third-order valence-electron chi connectivity index (χ3n) is 3.97. The molecule has 2 atom stereocenters. The second kappa shape index (κ2) is 7.31. The minimum atomic E-state index is 1.02. The van der Waals surface area contributed by atoms with Crippen LogP contribution in [-0.4, -0.2) is 0 Å². The molecule has 0 nitrogen and oxygen atoms in total. The minimum Gasteiger partial charge on any atom is -0.0654 e. The fourth-order valence-electron chi connectivity index (χ4n) is 2.83. The van der Waals surface area contributed by atoms with E-state index in [-0.39, 0.29) is 0 Å². The van der Waals surface area contributed by atoms with Crippen molar-refractivity contribution in [1.82, 2.24) is 0 Å². The van der Waals surface area contributed by atoms with Crippen LogP contribution in [0.25, 0.3) is 0 Å². The van der Waals surface area contributed by atoms with Crippen LogP contribution in [0.3, 0.4) is 0 Å². The van der Waals surface area contributed by atoms with Crippen LogP contribution in [-0.2, 0) is 0 Å². The van der Waals surface area contributed by atoms with E-state index in [2.05, 4.69) is 13.8 Å². The lowest BCUT2D eigenvalue weighted by molar-refractivity contribution is 0.236. The summed E-state index contributed by atoms with van der Waals surface area (Å²) in [6, 6.07) is 0. The predicted molar refractivity (Wildman–Crippen MR) is 64.5 cm³/mol. The highest BCUT2D eigenvalue weighted by Gasteiger charge is 2.20. The maximum absolute atomic E-state index is 2.47. The summed E-state index contributed by atoms with van der Waals surface area (Å²) >= 11 is 0. The van der Waals surface area contributed by atoms with Gasteiger partial charge in [0.15, 0.2) is 0 Å². The SMILES string of the molecule is CCCCCCC[C@@H]1CCCC[C@H]1C. The summed E-state index contributed by atoms with van der Waals surface area (Å²) < 4.78 is 0. The van der Waals surface area contributed by atoms with Crippen molar-refractivity contribution in [2.75, 3.05) is 0 Å². The summed E-state index contributed by atoms with van der Waals surface area (Å²) in [4.78, 5) is 0. The molecule has 1 aliphatic rings. The molecule has 14 heavy (non-hydrogen) atoms. The van der Waals surface area contributed by atoms with Gasteiger partial charge in [0.25, 0.3) is 0 Å². The molecule has 0 aliphatic heterocycles. The van der Waals surface area contributed by atoms with Crippen molar-refractivity contribution in [2.24, 2.45) is 11.8 Å². The molecule has 0 spiro atoms. The molecule has 0 unspecified atom stereocenters. The van der Waals surface area contributed by atoms with Gasteiger partial charge < -0.3 is 0 Å². The highest BCUT2D eigenvalue weighted by atomic mass is 14.3. The maximum atomic E-state index is 2.47. The Kier molecular flexibility index (Phi) is 6.31. The summed E-state index contributed by atoms with van der Waals surface area (Å²) in [6.45, 7) is 4.76. The first-order chi connectivity index (χ1) is 6.84. The summed E-state index contributed by atoms with van der Waals surface area (Å²) in [5.74, 6) is 2.10. The van der Waals surface area contributed by atoms with Gasteiger partial charge in [0.2, 0.25) is 0 Å². The Morgan fingerprint density at radius 2 is 1.64 bits per heavy atom.